The predicted octanol–water partition coefficient (Wildman–Crippen LogP) is 0.192. The second-order valence-electron chi connectivity index (χ2n) is 4.42. The van der Waals surface area contributed by atoms with Crippen molar-refractivity contribution < 1.29 is 19.1 Å². The number of aromatic carboxylic acids is 1. The number of fused-ring (bicyclic) bond motifs is 1. The van der Waals surface area contributed by atoms with Crippen molar-refractivity contribution in [3.63, 3.8) is 0 Å². The molecule has 2 amide bonds. The van der Waals surface area contributed by atoms with E-state index in [0.717, 1.165) is 0 Å². The minimum absolute atomic E-state index is 0.0229. The molecule has 1 aromatic rings. The van der Waals surface area contributed by atoms with Crippen LogP contribution < -0.4 is 10.2 Å². The van der Waals surface area contributed by atoms with Crippen molar-refractivity contribution in [2.75, 3.05) is 31.1 Å². The van der Waals surface area contributed by atoms with Crippen molar-refractivity contribution in [2.24, 2.45) is 0 Å². The highest BCUT2D eigenvalue weighted by Gasteiger charge is 2.36. The summed E-state index contributed by atoms with van der Waals surface area (Å²) in [5, 5.41) is 11.6. The summed E-state index contributed by atoms with van der Waals surface area (Å²) < 4.78 is 5.26. The van der Waals surface area contributed by atoms with Crippen molar-refractivity contribution in [3.8, 4) is 0 Å². The summed E-state index contributed by atoms with van der Waals surface area (Å²) in [6.45, 7) is 2.56. The van der Waals surface area contributed by atoms with E-state index in [0.29, 0.717) is 32.1 Å². The van der Waals surface area contributed by atoms with Crippen molar-refractivity contribution >= 4 is 17.9 Å². The third-order valence-corrected chi connectivity index (χ3v) is 3.35. The second kappa shape index (κ2) is 3.94. The first-order chi connectivity index (χ1) is 8.65. The Kier molecular flexibility index (Phi) is 2.39. The van der Waals surface area contributed by atoms with E-state index in [4.69, 9.17) is 9.52 Å². The molecule has 18 heavy (non-hydrogen) atoms. The van der Waals surface area contributed by atoms with Crippen LogP contribution in [0.5, 0.6) is 0 Å². The zero-order chi connectivity index (χ0) is 12.7. The molecule has 7 nitrogen and oxygen atoms in total. The molecular formula is C11H13N3O4. The molecule has 0 aromatic carbocycles. The average molecular weight is 251 g/mol. The Bertz CT molecular complexity index is 498. The van der Waals surface area contributed by atoms with E-state index >= 15 is 0 Å². The molecule has 0 radical (unpaired) electrons. The fourth-order valence-corrected chi connectivity index (χ4v) is 2.42. The van der Waals surface area contributed by atoms with Crippen LogP contribution in [0.2, 0.25) is 0 Å². The number of carboxylic acids is 1. The lowest BCUT2D eigenvalue weighted by Crippen LogP contribution is -2.52. The molecule has 96 valence electrons. The van der Waals surface area contributed by atoms with Gasteiger partial charge in [-0.25, -0.2) is 9.59 Å². The Morgan fingerprint density at radius 3 is 3.00 bits per heavy atom. The van der Waals surface area contributed by atoms with Crippen LogP contribution in [0, 0.1) is 0 Å². The van der Waals surface area contributed by atoms with Crippen LogP contribution in [0.4, 0.5) is 10.7 Å². The Balaban J connectivity index is 1.74. The summed E-state index contributed by atoms with van der Waals surface area (Å²) in [5.74, 6) is -0.586. The molecule has 1 unspecified atom stereocenters. The van der Waals surface area contributed by atoms with Gasteiger partial charge in [0.05, 0.1) is 6.04 Å². The van der Waals surface area contributed by atoms with Crippen molar-refractivity contribution in [2.45, 2.75) is 6.04 Å². The van der Waals surface area contributed by atoms with Crippen LogP contribution in [-0.2, 0) is 0 Å². The summed E-state index contributed by atoms with van der Waals surface area (Å²) in [4.78, 5) is 26.0. The largest absolute Gasteiger partial charge is 0.475 e. The summed E-state index contributed by atoms with van der Waals surface area (Å²) in [6, 6.07) is 3.21. The number of furan rings is 1. The molecule has 1 aromatic heterocycles. The van der Waals surface area contributed by atoms with E-state index in [9.17, 15) is 9.59 Å². The van der Waals surface area contributed by atoms with Gasteiger partial charge in [-0.2, -0.15) is 0 Å². The van der Waals surface area contributed by atoms with Gasteiger partial charge in [-0.15, -0.1) is 0 Å². The van der Waals surface area contributed by atoms with Gasteiger partial charge in [0.2, 0.25) is 5.76 Å². The van der Waals surface area contributed by atoms with E-state index in [1.807, 2.05) is 4.90 Å². The lowest BCUT2D eigenvalue weighted by Gasteiger charge is -2.36. The number of amides is 2. The standard InChI is InChI=1S/C11H13N3O4/c15-10(16)8-1-2-9(18-8)13-3-4-14-7(6-13)5-12-11(14)17/h1-2,7H,3-6H2,(H,12,17)(H,15,16). The third kappa shape index (κ3) is 1.68. The smallest absolute Gasteiger partial charge is 0.371 e. The first-order valence-corrected chi connectivity index (χ1v) is 5.77. The molecule has 0 bridgehead atoms. The number of hydrogen-bond donors (Lipinski definition) is 2. The van der Waals surface area contributed by atoms with E-state index in [-0.39, 0.29) is 17.8 Å². The van der Waals surface area contributed by atoms with Crippen molar-refractivity contribution in [1.82, 2.24) is 10.2 Å². The number of piperazine rings is 1. The summed E-state index contributed by atoms with van der Waals surface area (Å²) in [5.41, 5.74) is 0. The molecule has 2 aliphatic heterocycles. The van der Waals surface area contributed by atoms with E-state index in [1.54, 1.807) is 11.0 Å². The van der Waals surface area contributed by atoms with E-state index in [1.165, 1.54) is 6.07 Å². The van der Waals surface area contributed by atoms with Crippen LogP contribution in [0.1, 0.15) is 10.6 Å². The predicted molar refractivity (Wildman–Crippen MR) is 61.8 cm³/mol. The maximum Gasteiger partial charge on any atom is 0.371 e. The summed E-state index contributed by atoms with van der Waals surface area (Å²) in [7, 11) is 0. The first kappa shape index (κ1) is 10.9. The average Bonchev–Trinajstić information content (AvgIpc) is 2.96. The van der Waals surface area contributed by atoms with Gasteiger partial charge in [-0.1, -0.05) is 0 Å². The van der Waals surface area contributed by atoms with E-state index < -0.39 is 5.97 Å². The van der Waals surface area contributed by atoms with Gasteiger partial charge in [0.15, 0.2) is 5.88 Å². The summed E-state index contributed by atoms with van der Waals surface area (Å²) >= 11 is 0. The fraction of sp³-hybridized carbons (Fsp3) is 0.455. The summed E-state index contributed by atoms with van der Waals surface area (Å²) in [6.07, 6.45) is 0. The van der Waals surface area contributed by atoms with Crippen LogP contribution in [-0.4, -0.2) is 54.2 Å². The molecule has 3 heterocycles. The van der Waals surface area contributed by atoms with Crippen LogP contribution in [0.3, 0.4) is 0 Å². The van der Waals surface area contributed by atoms with Gasteiger partial charge in [0, 0.05) is 32.2 Å². The van der Waals surface area contributed by atoms with Gasteiger partial charge < -0.3 is 24.6 Å². The molecule has 2 N–H and O–H groups in total. The zero-order valence-electron chi connectivity index (χ0n) is 9.63. The lowest BCUT2D eigenvalue weighted by molar-refractivity contribution is 0.0663. The Morgan fingerprint density at radius 1 is 1.44 bits per heavy atom. The number of nitrogens with zero attached hydrogens (tertiary/aromatic N) is 2. The molecule has 2 saturated heterocycles. The Hall–Kier alpha value is -2.18. The van der Waals surface area contributed by atoms with Gasteiger partial charge in [0.25, 0.3) is 0 Å². The quantitative estimate of drug-likeness (QED) is 0.783. The number of rotatable bonds is 2. The normalized spacial score (nSPS) is 22.9. The SMILES string of the molecule is O=C(O)c1ccc(N2CCN3C(=O)NCC3C2)o1. The molecule has 2 fully saturated rings. The topological polar surface area (TPSA) is 86.0 Å². The number of anilines is 1. The van der Waals surface area contributed by atoms with Gasteiger partial charge in [-0.3, -0.25) is 0 Å². The molecule has 0 aliphatic carbocycles. The molecule has 3 rings (SSSR count). The number of nitrogens with one attached hydrogen (secondary N) is 1. The maximum absolute atomic E-state index is 11.4. The first-order valence-electron chi connectivity index (χ1n) is 5.77. The van der Waals surface area contributed by atoms with Crippen LogP contribution in [0.15, 0.2) is 16.5 Å². The molecule has 2 aliphatic rings. The Labute approximate surface area is 103 Å². The van der Waals surface area contributed by atoms with Crippen molar-refractivity contribution in [1.29, 1.82) is 0 Å². The number of carbonyl (C=O) groups excluding carboxylic acids is 1. The number of hydrogen-bond acceptors (Lipinski definition) is 4. The Morgan fingerprint density at radius 2 is 2.28 bits per heavy atom. The molecule has 7 heteroatoms. The number of carbonyl (C=O) groups is 2. The highest BCUT2D eigenvalue weighted by Crippen LogP contribution is 2.23. The monoisotopic (exact) mass is 251 g/mol. The van der Waals surface area contributed by atoms with Gasteiger partial charge >= 0.3 is 12.0 Å². The van der Waals surface area contributed by atoms with Crippen LogP contribution >= 0.6 is 0 Å². The van der Waals surface area contributed by atoms with E-state index in [2.05, 4.69) is 5.32 Å². The fourth-order valence-electron chi connectivity index (χ4n) is 2.42. The molecule has 0 spiro atoms. The maximum atomic E-state index is 11.4. The second-order valence-corrected chi connectivity index (χ2v) is 4.42. The highest BCUT2D eigenvalue weighted by atomic mass is 16.4. The lowest BCUT2D eigenvalue weighted by atomic mass is 10.2. The van der Waals surface area contributed by atoms with Gasteiger partial charge in [0.1, 0.15) is 0 Å². The zero-order valence-corrected chi connectivity index (χ0v) is 9.63. The minimum Gasteiger partial charge on any atom is -0.475 e. The minimum atomic E-state index is -1.07. The molecule has 0 saturated carbocycles. The number of urea groups is 1. The van der Waals surface area contributed by atoms with Crippen LogP contribution in [0.25, 0.3) is 0 Å². The third-order valence-electron chi connectivity index (χ3n) is 3.35. The van der Waals surface area contributed by atoms with Gasteiger partial charge in [-0.05, 0) is 6.07 Å². The molecular weight excluding hydrogens is 238 g/mol. The molecule has 1 atom stereocenters. The highest BCUT2D eigenvalue weighted by molar-refractivity contribution is 5.85. The number of carboxylic acid groups (broad SMARTS) is 1. The van der Waals surface area contributed by atoms with Crippen molar-refractivity contribution in [3.05, 3.63) is 17.9 Å².